The molecule has 3 heterocycles. The number of hydrogen-bond donors (Lipinski definition) is 2. The van der Waals surface area contributed by atoms with Gasteiger partial charge in [0.1, 0.15) is 16.7 Å². The van der Waals surface area contributed by atoms with Crippen molar-refractivity contribution in [2.45, 2.75) is 19.4 Å². The van der Waals surface area contributed by atoms with Gasteiger partial charge in [-0.3, -0.25) is 0 Å². The summed E-state index contributed by atoms with van der Waals surface area (Å²) in [6, 6.07) is 17.6. The number of halogens is 1. The fourth-order valence-electron chi connectivity index (χ4n) is 4.09. The highest BCUT2D eigenvalue weighted by atomic mass is 32.1. The topological polar surface area (TPSA) is 39.7 Å². The molecule has 1 unspecified atom stereocenters. The summed E-state index contributed by atoms with van der Waals surface area (Å²) in [7, 11) is 0. The summed E-state index contributed by atoms with van der Waals surface area (Å²) in [5.74, 6) is 0.844. The van der Waals surface area contributed by atoms with Crippen LogP contribution in [0.25, 0.3) is 0 Å². The van der Waals surface area contributed by atoms with Crippen molar-refractivity contribution in [3.05, 3.63) is 76.4 Å². The van der Waals surface area contributed by atoms with E-state index >= 15 is 0 Å². The van der Waals surface area contributed by atoms with Gasteiger partial charge >= 0.3 is 0 Å². The molecule has 1 atom stereocenters. The molecule has 2 aromatic carbocycles. The molecule has 2 aliphatic heterocycles. The van der Waals surface area contributed by atoms with Crippen molar-refractivity contribution in [2.24, 2.45) is 4.99 Å². The van der Waals surface area contributed by atoms with E-state index in [4.69, 9.17) is 4.99 Å². The molecule has 5 rings (SSSR count). The van der Waals surface area contributed by atoms with Crippen LogP contribution in [0.5, 0.6) is 0 Å². The minimum absolute atomic E-state index is 0.176. The van der Waals surface area contributed by atoms with Crippen molar-refractivity contribution in [3.8, 4) is 0 Å². The Hall–Kier alpha value is -2.70. The van der Waals surface area contributed by atoms with Gasteiger partial charge in [-0.05, 0) is 49.2 Å². The highest BCUT2D eigenvalue weighted by Gasteiger charge is 2.27. The van der Waals surface area contributed by atoms with Crippen LogP contribution in [-0.4, -0.2) is 36.4 Å². The molecule has 29 heavy (non-hydrogen) atoms. The van der Waals surface area contributed by atoms with E-state index in [2.05, 4.69) is 40.7 Å². The summed E-state index contributed by atoms with van der Waals surface area (Å²) in [6.07, 6.45) is 0.798. The zero-order valence-electron chi connectivity index (χ0n) is 16.3. The van der Waals surface area contributed by atoms with E-state index in [0.717, 1.165) is 59.4 Å². The van der Waals surface area contributed by atoms with Crippen LogP contribution in [-0.2, 0) is 6.42 Å². The molecule has 0 spiro atoms. The zero-order valence-corrected chi connectivity index (χ0v) is 17.1. The molecular formula is C23H23FN4S. The molecule has 2 N–H and O–H groups in total. The van der Waals surface area contributed by atoms with Crippen molar-refractivity contribution in [1.82, 2.24) is 10.2 Å². The zero-order chi connectivity index (χ0) is 19.8. The first-order chi connectivity index (χ1) is 14.2. The summed E-state index contributed by atoms with van der Waals surface area (Å²) in [6.45, 7) is 4.75. The second kappa shape index (κ2) is 7.61. The van der Waals surface area contributed by atoms with E-state index in [-0.39, 0.29) is 11.9 Å². The van der Waals surface area contributed by atoms with Crippen molar-refractivity contribution >= 4 is 33.5 Å². The number of rotatable bonds is 2. The highest BCUT2D eigenvalue weighted by molar-refractivity contribution is 7.16. The smallest absolute Gasteiger partial charge is 0.139 e. The van der Waals surface area contributed by atoms with E-state index in [1.807, 2.05) is 18.2 Å². The Morgan fingerprint density at radius 3 is 2.97 bits per heavy atom. The second-order valence-corrected chi connectivity index (χ2v) is 8.86. The summed E-state index contributed by atoms with van der Waals surface area (Å²) in [5, 5.41) is 8.30. The molecule has 3 aromatic rings. The van der Waals surface area contributed by atoms with Crippen LogP contribution in [0.15, 0.2) is 59.6 Å². The van der Waals surface area contributed by atoms with Gasteiger partial charge in [-0.15, -0.1) is 11.3 Å². The molecule has 0 aliphatic carbocycles. The third-order valence-electron chi connectivity index (χ3n) is 5.40. The van der Waals surface area contributed by atoms with Gasteiger partial charge < -0.3 is 15.5 Å². The lowest BCUT2D eigenvalue weighted by molar-refractivity contribution is 0.290. The maximum atomic E-state index is 13.6. The number of amidine groups is 1. The summed E-state index contributed by atoms with van der Waals surface area (Å²) >= 11 is 1.76. The van der Waals surface area contributed by atoms with Gasteiger partial charge in [0.15, 0.2) is 0 Å². The summed E-state index contributed by atoms with van der Waals surface area (Å²) in [5.41, 5.74) is 4.18. The van der Waals surface area contributed by atoms with Gasteiger partial charge in [0.05, 0.1) is 16.9 Å². The van der Waals surface area contributed by atoms with E-state index in [9.17, 15) is 4.39 Å². The number of benzene rings is 2. The normalized spacial score (nSPS) is 18.3. The predicted octanol–water partition coefficient (Wildman–Crippen LogP) is 4.85. The van der Waals surface area contributed by atoms with Gasteiger partial charge in [-0.2, -0.15) is 0 Å². The SMILES string of the molecule is Cc1cc2c(s1)Nc1ccccc1N=C2N1CCNC(Cc2cccc(F)c2)C1. The quantitative estimate of drug-likeness (QED) is 0.639. The number of piperazine rings is 1. The number of aliphatic imine (C=N–C) groups is 1. The predicted molar refractivity (Wildman–Crippen MR) is 118 cm³/mol. The number of aryl methyl sites for hydroxylation is 1. The largest absolute Gasteiger partial charge is 0.353 e. The standard InChI is InChI=1S/C23H23FN4S/c1-15-11-19-22(26-20-7-2-3-8-21(20)27-23(19)29-15)28-10-9-25-18(14-28)13-16-5-4-6-17(24)12-16/h2-8,11-12,18,25,27H,9-10,13-14H2,1H3. The molecule has 0 bridgehead atoms. The van der Waals surface area contributed by atoms with Crippen LogP contribution >= 0.6 is 11.3 Å². The molecule has 0 amide bonds. The van der Waals surface area contributed by atoms with Gasteiger partial charge in [-0.25, -0.2) is 9.38 Å². The lowest BCUT2D eigenvalue weighted by Gasteiger charge is -2.36. The Bertz CT molecular complexity index is 1070. The molecule has 148 valence electrons. The monoisotopic (exact) mass is 406 g/mol. The van der Waals surface area contributed by atoms with E-state index < -0.39 is 0 Å². The molecule has 2 aliphatic rings. The van der Waals surface area contributed by atoms with Crippen molar-refractivity contribution < 1.29 is 4.39 Å². The fourth-order valence-corrected chi connectivity index (χ4v) is 5.01. The summed E-state index contributed by atoms with van der Waals surface area (Å²) in [4.78, 5) is 8.71. The molecule has 6 heteroatoms. The first-order valence-electron chi connectivity index (χ1n) is 9.94. The van der Waals surface area contributed by atoms with E-state index in [0.29, 0.717) is 0 Å². The number of nitrogens with one attached hydrogen (secondary N) is 2. The number of anilines is 2. The Kier molecular flexibility index (Phi) is 4.81. The van der Waals surface area contributed by atoms with Crippen molar-refractivity contribution in [1.29, 1.82) is 0 Å². The van der Waals surface area contributed by atoms with Crippen LogP contribution in [0.3, 0.4) is 0 Å². The molecule has 0 radical (unpaired) electrons. The maximum Gasteiger partial charge on any atom is 0.139 e. The number of nitrogens with zero attached hydrogens (tertiary/aromatic N) is 2. The van der Waals surface area contributed by atoms with Crippen molar-refractivity contribution in [2.75, 3.05) is 25.0 Å². The van der Waals surface area contributed by atoms with Crippen LogP contribution in [0, 0.1) is 12.7 Å². The summed E-state index contributed by atoms with van der Waals surface area (Å²) < 4.78 is 13.6. The molecule has 1 saturated heterocycles. The average Bonchev–Trinajstić information content (AvgIpc) is 2.99. The Morgan fingerprint density at radius 1 is 1.17 bits per heavy atom. The first-order valence-corrected chi connectivity index (χ1v) is 10.8. The van der Waals surface area contributed by atoms with Crippen LogP contribution in [0.2, 0.25) is 0 Å². The molecule has 1 aromatic heterocycles. The lowest BCUT2D eigenvalue weighted by Crippen LogP contribution is -2.53. The highest BCUT2D eigenvalue weighted by Crippen LogP contribution is 2.39. The van der Waals surface area contributed by atoms with Gasteiger partial charge in [0.2, 0.25) is 0 Å². The minimum atomic E-state index is -0.176. The minimum Gasteiger partial charge on any atom is -0.353 e. The van der Waals surface area contributed by atoms with E-state index in [1.165, 1.54) is 10.9 Å². The average molecular weight is 407 g/mol. The lowest BCUT2D eigenvalue weighted by atomic mass is 10.0. The van der Waals surface area contributed by atoms with Crippen LogP contribution in [0.4, 0.5) is 20.8 Å². The fraction of sp³-hybridized carbons (Fsp3) is 0.261. The number of hydrogen-bond acceptors (Lipinski definition) is 5. The third kappa shape index (κ3) is 3.78. The van der Waals surface area contributed by atoms with Gasteiger partial charge in [0.25, 0.3) is 0 Å². The second-order valence-electron chi connectivity index (χ2n) is 7.61. The van der Waals surface area contributed by atoms with Crippen LogP contribution in [0.1, 0.15) is 16.0 Å². The molecule has 1 fully saturated rings. The third-order valence-corrected chi connectivity index (χ3v) is 6.37. The Labute approximate surface area is 174 Å². The molecular weight excluding hydrogens is 383 g/mol. The Morgan fingerprint density at radius 2 is 2.07 bits per heavy atom. The number of fused-ring (bicyclic) bond motifs is 2. The molecule has 0 saturated carbocycles. The van der Waals surface area contributed by atoms with Gasteiger partial charge in [0, 0.05) is 30.6 Å². The van der Waals surface area contributed by atoms with Gasteiger partial charge in [-0.1, -0.05) is 24.3 Å². The number of para-hydroxylation sites is 2. The Balaban J connectivity index is 1.46. The number of thiophene rings is 1. The van der Waals surface area contributed by atoms with E-state index in [1.54, 1.807) is 23.5 Å². The molecule has 4 nitrogen and oxygen atoms in total. The maximum absolute atomic E-state index is 13.6. The first kappa shape index (κ1) is 18.3. The van der Waals surface area contributed by atoms with Crippen LogP contribution < -0.4 is 10.6 Å². The van der Waals surface area contributed by atoms with Crippen molar-refractivity contribution in [3.63, 3.8) is 0 Å².